The summed E-state index contributed by atoms with van der Waals surface area (Å²) in [4.78, 5) is 17.1. The predicted octanol–water partition coefficient (Wildman–Crippen LogP) is 3.42. The Morgan fingerprint density at radius 3 is 2.64 bits per heavy atom. The third-order valence-electron chi connectivity index (χ3n) is 5.45. The molecule has 1 aliphatic heterocycles. The highest BCUT2D eigenvalue weighted by Gasteiger charge is 2.28. The van der Waals surface area contributed by atoms with E-state index in [0.29, 0.717) is 6.61 Å². The fourth-order valence-corrected chi connectivity index (χ4v) is 3.96. The molecule has 3 rings (SSSR count). The van der Waals surface area contributed by atoms with Crippen LogP contribution in [0, 0.1) is 0 Å². The van der Waals surface area contributed by atoms with Crippen LogP contribution in [0.3, 0.4) is 0 Å². The van der Waals surface area contributed by atoms with Crippen molar-refractivity contribution in [3.05, 3.63) is 29.8 Å². The van der Waals surface area contributed by atoms with Crippen LogP contribution in [-0.2, 0) is 0 Å². The molecule has 1 N–H and O–H groups in total. The van der Waals surface area contributed by atoms with E-state index in [9.17, 15) is 4.79 Å². The van der Waals surface area contributed by atoms with Gasteiger partial charge in [0.05, 0.1) is 12.6 Å². The second-order valence-electron chi connectivity index (χ2n) is 7.14. The highest BCUT2D eigenvalue weighted by atomic mass is 16.5. The van der Waals surface area contributed by atoms with Gasteiger partial charge in [0.15, 0.2) is 0 Å². The summed E-state index contributed by atoms with van der Waals surface area (Å²) in [6.07, 6.45) is 5.40. The van der Waals surface area contributed by atoms with Crippen molar-refractivity contribution >= 4 is 6.03 Å². The van der Waals surface area contributed by atoms with E-state index in [1.54, 1.807) is 0 Å². The molecule has 5 nitrogen and oxygen atoms in total. The van der Waals surface area contributed by atoms with Gasteiger partial charge in [0.2, 0.25) is 0 Å². The molecular formula is C20H31N3O2. The average Bonchev–Trinajstić information content (AvgIpc) is 3.17. The second-order valence-corrected chi connectivity index (χ2v) is 7.14. The zero-order valence-corrected chi connectivity index (χ0v) is 15.5. The number of rotatable bonds is 5. The number of piperazine rings is 1. The third-order valence-corrected chi connectivity index (χ3v) is 5.45. The number of urea groups is 1. The molecular weight excluding hydrogens is 314 g/mol. The summed E-state index contributed by atoms with van der Waals surface area (Å²) in [6, 6.07) is 8.73. The summed E-state index contributed by atoms with van der Waals surface area (Å²) in [5.41, 5.74) is 1.07. The van der Waals surface area contributed by atoms with Crippen LogP contribution in [0.15, 0.2) is 24.3 Å². The van der Waals surface area contributed by atoms with Gasteiger partial charge in [-0.3, -0.25) is 4.90 Å². The number of ether oxygens (including phenoxy) is 1. The fraction of sp³-hybridized carbons (Fsp3) is 0.650. The monoisotopic (exact) mass is 345 g/mol. The SMILES string of the molecule is CCOc1cccc(C(C)NC(=O)N2CCN(C3CCCC3)CC2)c1. The molecule has 5 heteroatoms. The third kappa shape index (κ3) is 4.66. The first-order chi connectivity index (χ1) is 12.2. The van der Waals surface area contributed by atoms with Gasteiger partial charge in [0.1, 0.15) is 5.75 Å². The molecule has 1 unspecified atom stereocenters. The molecule has 0 aromatic heterocycles. The molecule has 25 heavy (non-hydrogen) atoms. The predicted molar refractivity (Wildman–Crippen MR) is 100.0 cm³/mol. The van der Waals surface area contributed by atoms with Crippen LogP contribution < -0.4 is 10.1 Å². The Hall–Kier alpha value is -1.75. The lowest BCUT2D eigenvalue weighted by Crippen LogP contribution is -2.54. The zero-order valence-electron chi connectivity index (χ0n) is 15.5. The van der Waals surface area contributed by atoms with Crippen molar-refractivity contribution in [1.29, 1.82) is 0 Å². The molecule has 0 bridgehead atoms. The minimum Gasteiger partial charge on any atom is -0.494 e. The molecule has 138 valence electrons. The molecule has 0 radical (unpaired) electrons. The Morgan fingerprint density at radius 2 is 1.96 bits per heavy atom. The number of carbonyl (C=O) groups is 1. The van der Waals surface area contributed by atoms with Gasteiger partial charge >= 0.3 is 6.03 Å². The quantitative estimate of drug-likeness (QED) is 0.889. The highest BCUT2D eigenvalue weighted by Crippen LogP contribution is 2.24. The van der Waals surface area contributed by atoms with E-state index in [-0.39, 0.29) is 12.1 Å². The summed E-state index contributed by atoms with van der Waals surface area (Å²) >= 11 is 0. The first-order valence-electron chi connectivity index (χ1n) is 9.69. The Kier molecular flexibility index (Phi) is 6.19. The van der Waals surface area contributed by atoms with Crippen molar-refractivity contribution in [1.82, 2.24) is 15.1 Å². The van der Waals surface area contributed by atoms with Gasteiger partial charge in [-0.2, -0.15) is 0 Å². The van der Waals surface area contributed by atoms with Crippen LogP contribution in [0.1, 0.15) is 51.1 Å². The maximum atomic E-state index is 12.6. The van der Waals surface area contributed by atoms with Crippen molar-refractivity contribution in [2.24, 2.45) is 0 Å². The number of nitrogens with zero attached hydrogens (tertiary/aromatic N) is 2. The summed E-state index contributed by atoms with van der Waals surface area (Å²) in [5, 5.41) is 3.13. The lowest BCUT2D eigenvalue weighted by molar-refractivity contribution is 0.108. The van der Waals surface area contributed by atoms with E-state index in [1.807, 2.05) is 43.0 Å². The number of hydrogen-bond acceptors (Lipinski definition) is 3. The van der Waals surface area contributed by atoms with Crippen molar-refractivity contribution in [2.75, 3.05) is 32.8 Å². The summed E-state index contributed by atoms with van der Waals surface area (Å²) in [5.74, 6) is 0.853. The maximum Gasteiger partial charge on any atom is 0.317 e. The lowest BCUT2D eigenvalue weighted by Gasteiger charge is -2.38. The summed E-state index contributed by atoms with van der Waals surface area (Å²) in [6.45, 7) is 8.32. The number of amides is 2. The van der Waals surface area contributed by atoms with Crippen molar-refractivity contribution in [3.63, 3.8) is 0 Å². The molecule has 0 spiro atoms. The highest BCUT2D eigenvalue weighted by molar-refractivity contribution is 5.74. The molecule has 1 saturated heterocycles. The van der Waals surface area contributed by atoms with Gasteiger partial charge in [0.25, 0.3) is 0 Å². The standard InChI is InChI=1S/C20H31N3O2/c1-3-25-19-10-6-7-17(15-19)16(2)21-20(24)23-13-11-22(12-14-23)18-8-4-5-9-18/h6-7,10,15-16,18H,3-5,8-9,11-14H2,1-2H3,(H,21,24). The van der Waals surface area contributed by atoms with Crippen molar-refractivity contribution in [2.45, 2.75) is 51.6 Å². The number of hydrogen-bond donors (Lipinski definition) is 1. The number of benzene rings is 1. The molecule has 1 aromatic rings. The van der Waals surface area contributed by atoms with Gasteiger partial charge in [-0.15, -0.1) is 0 Å². The Labute approximate surface area is 151 Å². The van der Waals surface area contributed by atoms with Crippen LogP contribution in [0.5, 0.6) is 5.75 Å². The zero-order chi connectivity index (χ0) is 17.6. The van der Waals surface area contributed by atoms with Gasteiger partial charge in [-0.25, -0.2) is 4.79 Å². The lowest BCUT2D eigenvalue weighted by atomic mass is 10.1. The molecule has 1 aromatic carbocycles. The minimum atomic E-state index is -0.0271. The van der Waals surface area contributed by atoms with E-state index in [1.165, 1.54) is 25.7 Å². The van der Waals surface area contributed by atoms with Gasteiger partial charge in [-0.1, -0.05) is 25.0 Å². The largest absolute Gasteiger partial charge is 0.494 e. The fourth-order valence-electron chi connectivity index (χ4n) is 3.96. The molecule has 2 amide bonds. The molecule has 2 fully saturated rings. The van der Waals surface area contributed by atoms with E-state index in [4.69, 9.17) is 4.74 Å². The van der Waals surface area contributed by atoms with Crippen LogP contribution in [-0.4, -0.2) is 54.7 Å². The van der Waals surface area contributed by atoms with Crippen LogP contribution in [0.25, 0.3) is 0 Å². The normalized spacial score (nSPS) is 20.5. The van der Waals surface area contributed by atoms with E-state index in [0.717, 1.165) is 43.5 Å². The Balaban J connectivity index is 1.49. The first-order valence-corrected chi connectivity index (χ1v) is 9.69. The van der Waals surface area contributed by atoms with Crippen LogP contribution >= 0.6 is 0 Å². The minimum absolute atomic E-state index is 0.0271. The Bertz CT molecular complexity index is 564. The van der Waals surface area contributed by atoms with Crippen molar-refractivity contribution in [3.8, 4) is 5.75 Å². The topological polar surface area (TPSA) is 44.8 Å². The van der Waals surface area contributed by atoms with Gasteiger partial charge < -0.3 is 15.0 Å². The van der Waals surface area contributed by atoms with Gasteiger partial charge in [0, 0.05) is 32.2 Å². The maximum absolute atomic E-state index is 12.6. The van der Waals surface area contributed by atoms with E-state index >= 15 is 0 Å². The van der Waals surface area contributed by atoms with Crippen LogP contribution in [0.2, 0.25) is 0 Å². The van der Waals surface area contributed by atoms with Crippen LogP contribution in [0.4, 0.5) is 4.79 Å². The first kappa shape index (κ1) is 18.1. The summed E-state index contributed by atoms with van der Waals surface area (Å²) < 4.78 is 5.55. The molecule has 1 heterocycles. The van der Waals surface area contributed by atoms with Crippen molar-refractivity contribution < 1.29 is 9.53 Å². The second kappa shape index (κ2) is 8.56. The summed E-state index contributed by atoms with van der Waals surface area (Å²) in [7, 11) is 0. The average molecular weight is 345 g/mol. The number of carbonyl (C=O) groups excluding carboxylic acids is 1. The number of nitrogens with one attached hydrogen (secondary N) is 1. The van der Waals surface area contributed by atoms with Gasteiger partial charge in [-0.05, 0) is 44.4 Å². The molecule has 1 atom stereocenters. The molecule has 2 aliphatic rings. The molecule has 1 saturated carbocycles. The van der Waals surface area contributed by atoms with E-state index in [2.05, 4.69) is 10.2 Å². The Morgan fingerprint density at radius 1 is 1.24 bits per heavy atom. The molecule has 1 aliphatic carbocycles. The van der Waals surface area contributed by atoms with E-state index < -0.39 is 0 Å². The smallest absolute Gasteiger partial charge is 0.317 e.